The topological polar surface area (TPSA) is 93.0 Å². The number of carbonyl (C=O) groups excluding carboxylic acids is 2. The summed E-state index contributed by atoms with van der Waals surface area (Å²) in [6, 6.07) is 13.5. The van der Waals surface area contributed by atoms with E-state index in [4.69, 9.17) is 4.74 Å². The SMILES string of the molecule is O=Cc1ccc(N2CCN(C(=O)COc3ccccc3)CC2)c([N+](=O)[O-])c1. The van der Waals surface area contributed by atoms with Crippen LogP contribution in [-0.2, 0) is 4.79 Å². The van der Waals surface area contributed by atoms with E-state index in [1.54, 1.807) is 29.2 Å². The van der Waals surface area contributed by atoms with Crippen molar-refractivity contribution in [3.05, 3.63) is 64.2 Å². The van der Waals surface area contributed by atoms with Crippen molar-refractivity contribution in [2.45, 2.75) is 0 Å². The van der Waals surface area contributed by atoms with Crippen molar-refractivity contribution in [2.24, 2.45) is 0 Å². The van der Waals surface area contributed by atoms with Gasteiger partial charge in [-0.25, -0.2) is 0 Å². The minimum Gasteiger partial charge on any atom is -0.484 e. The van der Waals surface area contributed by atoms with Crippen molar-refractivity contribution >= 4 is 23.6 Å². The van der Waals surface area contributed by atoms with Gasteiger partial charge >= 0.3 is 0 Å². The zero-order valence-electron chi connectivity index (χ0n) is 14.6. The first-order valence-corrected chi connectivity index (χ1v) is 8.52. The predicted octanol–water partition coefficient (Wildman–Crippen LogP) is 2.13. The van der Waals surface area contributed by atoms with E-state index in [2.05, 4.69) is 0 Å². The number of ether oxygens (including phenoxy) is 1. The molecule has 1 heterocycles. The first-order chi connectivity index (χ1) is 13.1. The lowest BCUT2D eigenvalue weighted by Gasteiger charge is -2.35. The third-order valence-corrected chi connectivity index (χ3v) is 4.41. The summed E-state index contributed by atoms with van der Waals surface area (Å²) in [7, 11) is 0. The maximum absolute atomic E-state index is 12.3. The number of para-hydroxylation sites is 1. The molecule has 1 fully saturated rings. The Kier molecular flexibility index (Phi) is 5.65. The van der Waals surface area contributed by atoms with Crippen LogP contribution in [0.15, 0.2) is 48.5 Å². The fraction of sp³-hybridized carbons (Fsp3) is 0.263. The number of nitro benzene ring substituents is 1. The average molecular weight is 369 g/mol. The third-order valence-electron chi connectivity index (χ3n) is 4.41. The normalized spacial score (nSPS) is 13.9. The first kappa shape index (κ1) is 18.4. The van der Waals surface area contributed by atoms with E-state index in [1.165, 1.54) is 6.07 Å². The number of nitrogens with zero attached hydrogens (tertiary/aromatic N) is 3. The number of carbonyl (C=O) groups is 2. The molecule has 0 aromatic heterocycles. The minimum absolute atomic E-state index is 0.0435. The van der Waals surface area contributed by atoms with E-state index in [-0.39, 0.29) is 23.8 Å². The number of piperazine rings is 1. The molecule has 3 rings (SSSR count). The highest BCUT2D eigenvalue weighted by Gasteiger charge is 2.26. The lowest BCUT2D eigenvalue weighted by atomic mass is 10.1. The van der Waals surface area contributed by atoms with E-state index < -0.39 is 4.92 Å². The van der Waals surface area contributed by atoms with Crippen LogP contribution in [0.4, 0.5) is 11.4 Å². The molecule has 1 saturated heterocycles. The highest BCUT2D eigenvalue weighted by molar-refractivity contribution is 5.80. The number of anilines is 1. The maximum atomic E-state index is 12.3. The maximum Gasteiger partial charge on any atom is 0.293 e. The second kappa shape index (κ2) is 8.31. The van der Waals surface area contributed by atoms with Crippen LogP contribution in [0, 0.1) is 10.1 Å². The molecule has 0 saturated carbocycles. The molecule has 1 amide bonds. The molecule has 1 aliphatic heterocycles. The number of hydrogen-bond acceptors (Lipinski definition) is 6. The van der Waals surface area contributed by atoms with Gasteiger partial charge < -0.3 is 14.5 Å². The molecule has 8 heteroatoms. The van der Waals surface area contributed by atoms with Gasteiger partial charge in [0.1, 0.15) is 17.7 Å². The van der Waals surface area contributed by atoms with Gasteiger partial charge in [0.25, 0.3) is 11.6 Å². The van der Waals surface area contributed by atoms with E-state index in [0.717, 1.165) is 0 Å². The van der Waals surface area contributed by atoms with E-state index in [1.807, 2.05) is 23.1 Å². The van der Waals surface area contributed by atoms with Gasteiger partial charge in [-0.05, 0) is 24.3 Å². The standard InChI is InChI=1S/C19H19N3O5/c23-13-15-6-7-17(18(12-15)22(25)26)20-8-10-21(11-9-20)19(24)14-27-16-4-2-1-3-5-16/h1-7,12-13H,8-11,14H2. The van der Waals surface area contributed by atoms with Crippen LogP contribution < -0.4 is 9.64 Å². The Morgan fingerprint density at radius 2 is 1.81 bits per heavy atom. The Bertz CT molecular complexity index is 832. The van der Waals surface area contributed by atoms with Gasteiger partial charge in [0.2, 0.25) is 0 Å². The zero-order valence-corrected chi connectivity index (χ0v) is 14.6. The molecule has 2 aromatic rings. The molecule has 0 unspecified atom stereocenters. The van der Waals surface area contributed by atoms with Crippen molar-refractivity contribution in [1.82, 2.24) is 4.90 Å². The molecule has 2 aromatic carbocycles. The number of nitro groups is 1. The Labute approximate surface area is 156 Å². The van der Waals surface area contributed by atoms with Crippen LogP contribution in [-0.4, -0.2) is 54.8 Å². The Morgan fingerprint density at radius 1 is 1.11 bits per heavy atom. The molecule has 0 aliphatic carbocycles. The Hall–Kier alpha value is -3.42. The molecule has 0 radical (unpaired) electrons. The highest BCUT2D eigenvalue weighted by Crippen LogP contribution is 2.29. The van der Waals surface area contributed by atoms with Crippen LogP contribution in [0.5, 0.6) is 5.75 Å². The Morgan fingerprint density at radius 3 is 2.44 bits per heavy atom. The van der Waals surface area contributed by atoms with E-state index >= 15 is 0 Å². The largest absolute Gasteiger partial charge is 0.484 e. The van der Waals surface area contributed by atoms with Gasteiger partial charge in [-0.2, -0.15) is 0 Å². The number of benzene rings is 2. The monoisotopic (exact) mass is 369 g/mol. The number of aldehydes is 1. The Balaban J connectivity index is 1.59. The smallest absolute Gasteiger partial charge is 0.293 e. The van der Waals surface area contributed by atoms with Crippen LogP contribution in [0.3, 0.4) is 0 Å². The van der Waals surface area contributed by atoms with Gasteiger partial charge in [0.05, 0.1) is 4.92 Å². The summed E-state index contributed by atoms with van der Waals surface area (Å²) in [6.07, 6.45) is 0.583. The number of amides is 1. The minimum atomic E-state index is -0.492. The quantitative estimate of drug-likeness (QED) is 0.440. The lowest BCUT2D eigenvalue weighted by Crippen LogP contribution is -2.50. The third kappa shape index (κ3) is 4.41. The number of rotatable bonds is 6. The summed E-state index contributed by atoms with van der Waals surface area (Å²) in [5, 5.41) is 11.3. The second-order valence-corrected chi connectivity index (χ2v) is 6.09. The van der Waals surface area contributed by atoms with Crippen molar-refractivity contribution in [3.63, 3.8) is 0 Å². The molecule has 140 valence electrons. The van der Waals surface area contributed by atoms with Gasteiger partial charge in [-0.3, -0.25) is 19.7 Å². The lowest BCUT2D eigenvalue weighted by molar-refractivity contribution is -0.384. The molecule has 1 aliphatic rings. The van der Waals surface area contributed by atoms with Crippen molar-refractivity contribution in [3.8, 4) is 5.75 Å². The van der Waals surface area contributed by atoms with Crippen LogP contribution in [0.1, 0.15) is 10.4 Å². The van der Waals surface area contributed by atoms with Gasteiger partial charge in [0, 0.05) is 37.8 Å². The van der Waals surface area contributed by atoms with E-state index in [0.29, 0.717) is 43.9 Å². The van der Waals surface area contributed by atoms with Crippen LogP contribution >= 0.6 is 0 Å². The molecular formula is C19H19N3O5. The van der Waals surface area contributed by atoms with Crippen molar-refractivity contribution in [1.29, 1.82) is 0 Å². The summed E-state index contributed by atoms with van der Waals surface area (Å²) < 4.78 is 5.48. The molecule has 0 spiro atoms. The second-order valence-electron chi connectivity index (χ2n) is 6.09. The van der Waals surface area contributed by atoms with Crippen LogP contribution in [0.25, 0.3) is 0 Å². The van der Waals surface area contributed by atoms with Gasteiger partial charge in [-0.1, -0.05) is 18.2 Å². The van der Waals surface area contributed by atoms with Crippen molar-refractivity contribution in [2.75, 3.05) is 37.7 Å². The molecule has 0 N–H and O–H groups in total. The molecule has 0 bridgehead atoms. The number of hydrogen-bond donors (Lipinski definition) is 0. The molecule has 0 atom stereocenters. The predicted molar refractivity (Wildman–Crippen MR) is 99.2 cm³/mol. The van der Waals surface area contributed by atoms with Crippen molar-refractivity contribution < 1.29 is 19.2 Å². The first-order valence-electron chi connectivity index (χ1n) is 8.52. The summed E-state index contributed by atoms with van der Waals surface area (Å²) in [5.41, 5.74) is 0.613. The van der Waals surface area contributed by atoms with E-state index in [9.17, 15) is 19.7 Å². The van der Waals surface area contributed by atoms with Crippen LogP contribution in [0.2, 0.25) is 0 Å². The zero-order chi connectivity index (χ0) is 19.2. The fourth-order valence-electron chi connectivity index (χ4n) is 2.98. The summed E-state index contributed by atoms with van der Waals surface area (Å²) in [5.74, 6) is 0.514. The highest BCUT2D eigenvalue weighted by atomic mass is 16.6. The summed E-state index contributed by atoms with van der Waals surface area (Å²) in [4.78, 5) is 37.5. The van der Waals surface area contributed by atoms with Gasteiger partial charge in [-0.15, -0.1) is 0 Å². The molecular weight excluding hydrogens is 350 g/mol. The van der Waals surface area contributed by atoms with Gasteiger partial charge in [0.15, 0.2) is 6.61 Å². The fourth-order valence-corrected chi connectivity index (χ4v) is 2.98. The summed E-state index contributed by atoms with van der Waals surface area (Å²) >= 11 is 0. The molecule has 27 heavy (non-hydrogen) atoms. The molecule has 8 nitrogen and oxygen atoms in total. The summed E-state index contributed by atoms with van der Waals surface area (Å²) in [6.45, 7) is 1.79. The average Bonchev–Trinajstić information content (AvgIpc) is 2.72.